The lowest BCUT2D eigenvalue weighted by atomic mass is 10.3. The zero-order chi connectivity index (χ0) is 12.1. The molecule has 0 fully saturated rings. The number of nitrogens with one attached hydrogen (secondary N) is 1. The van der Waals surface area contributed by atoms with Crippen LogP contribution in [0.3, 0.4) is 0 Å². The molecule has 0 aromatic carbocycles. The number of nitrogens with zero attached hydrogens (tertiary/aromatic N) is 1. The first-order valence-electron chi connectivity index (χ1n) is 4.34. The van der Waals surface area contributed by atoms with Gasteiger partial charge in [0.25, 0.3) is 0 Å². The van der Waals surface area contributed by atoms with Crippen molar-refractivity contribution in [2.45, 2.75) is 6.04 Å². The fourth-order valence-electron chi connectivity index (χ4n) is 1.01. The second-order valence-corrected chi connectivity index (χ2v) is 4.66. The topological polar surface area (TPSA) is 71.5 Å². The van der Waals surface area contributed by atoms with Gasteiger partial charge in [0.2, 0.25) is 0 Å². The molecule has 88 valence electrons. The lowest BCUT2D eigenvalue weighted by molar-refractivity contribution is -0.142. The maximum Gasteiger partial charge on any atom is 0.330 e. The van der Waals surface area contributed by atoms with Gasteiger partial charge in [-0.15, -0.1) is 0 Å². The largest absolute Gasteiger partial charge is 0.467 e. The first kappa shape index (κ1) is 13.4. The third-order valence-corrected chi connectivity index (χ3v) is 2.83. The average molecular weight is 354 g/mol. The summed E-state index contributed by atoms with van der Waals surface area (Å²) in [6.45, 7) is -0.364. The smallest absolute Gasteiger partial charge is 0.330 e. The first-order chi connectivity index (χ1) is 7.58. The van der Waals surface area contributed by atoms with Crippen molar-refractivity contribution in [2.75, 3.05) is 19.0 Å². The molecule has 0 saturated carbocycles. The quantitative estimate of drug-likeness (QED) is 0.803. The molecule has 0 bridgehead atoms. The maximum atomic E-state index is 11.2. The molecule has 0 saturated heterocycles. The van der Waals surface area contributed by atoms with Gasteiger partial charge in [0.1, 0.15) is 11.9 Å². The number of aliphatic hydroxyl groups excluding tert-OH is 1. The second-order valence-electron chi connectivity index (χ2n) is 2.89. The number of aliphatic hydroxyl groups is 1. The minimum atomic E-state index is -0.824. The Morgan fingerprint density at radius 3 is 2.88 bits per heavy atom. The van der Waals surface area contributed by atoms with Gasteiger partial charge >= 0.3 is 5.97 Å². The van der Waals surface area contributed by atoms with Gasteiger partial charge in [0, 0.05) is 10.7 Å². The van der Waals surface area contributed by atoms with Crippen LogP contribution in [0.4, 0.5) is 5.82 Å². The number of rotatable bonds is 4. The van der Waals surface area contributed by atoms with Crippen LogP contribution in [0.25, 0.3) is 0 Å². The number of ether oxygens (including phenoxy) is 1. The molecule has 7 heteroatoms. The van der Waals surface area contributed by atoms with E-state index in [-0.39, 0.29) is 6.61 Å². The molecule has 1 rings (SSSR count). The van der Waals surface area contributed by atoms with Gasteiger partial charge in [0.05, 0.1) is 18.2 Å². The van der Waals surface area contributed by atoms with Crippen molar-refractivity contribution in [3.63, 3.8) is 0 Å². The number of hydrogen-bond donors (Lipinski definition) is 2. The molecule has 1 aromatic rings. The number of hydrogen-bond acceptors (Lipinski definition) is 5. The molecular weight excluding hydrogens is 344 g/mol. The molecular formula is C9H10Br2N2O3. The summed E-state index contributed by atoms with van der Waals surface area (Å²) in [4.78, 5) is 15.3. The zero-order valence-electron chi connectivity index (χ0n) is 8.41. The first-order valence-corrected chi connectivity index (χ1v) is 5.93. The highest BCUT2D eigenvalue weighted by Crippen LogP contribution is 2.23. The predicted molar refractivity (Wildman–Crippen MR) is 66.1 cm³/mol. The predicted octanol–water partition coefficient (Wildman–Crippen LogP) is 1.55. The van der Waals surface area contributed by atoms with E-state index in [0.717, 1.165) is 4.47 Å². The molecule has 1 unspecified atom stereocenters. The minimum Gasteiger partial charge on any atom is -0.467 e. The van der Waals surface area contributed by atoms with Gasteiger partial charge in [-0.05, 0) is 37.9 Å². The molecule has 16 heavy (non-hydrogen) atoms. The van der Waals surface area contributed by atoms with Crippen molar-refractivity contribution in [3.05, 3.63) is 21.2 Å². The minimum absolute atomic E-state index is 0.364. The van der Waals surface area contributed by atoms with E-state index in [0.29, 0.717) is 10.3 Å². The van der Waals surface area contributed by atoms with Crippen molar-refractivity contribution in [2.24, 2.45) is 0 Å². The van der Waals surface area contributed by atoms with Crippen LogP contribution in [0.1, 0.15) is 0 Å². The maximum absolute atomic E-state index is 11.2. The molecule has 0 aliphatic rings. The van der Waals surface area contributed by atoms with Gasteiger partial charge in [0.15, 0.2) is 0 Å². The Morgan fingerprint density at radius 1 is 1.69 bits per heavy atom. The molecule has 1 heterocycles. The van der Waals surface area contributed by atoms with Crippen LogP contribution < -0.4 is 5.32 Å². The van der Waals surface area contributed by atoms with E-state index >= 15 is 0 Å². The Hall–Kier alpha value is -0.660. The Balaban J connectivity index is 2.82. The van der Waals surface area contributed by atoms with E-state index in [1.165, 1.54) is 7.11 Å². The Labute approximate surface area is 109 Å². The van der Waals surface area contributed by atoms with E-state index in [1.807, 2.05) is 0 Å². The fourth-order valence-corrected chi connectivity index (χ4v) is 2.11. The van der Waals surface area contributed by atoms with Gasteiger partial charge in [-0.25, -0.2) is 9.78 Å². The summed E-state index contributed by atoms with van der Waals surface area (Å²) in [5, 5.41) is 11.8. The summed E-state index contributed by atoms with van der Waals surface area (Å²) in [6.07, 6.45) is 1.58. The number of carbonyl (C=O) groups is 1. The molecule has 2 N–H and O–H groups in total. The molecule has 1 atom stereocenters. The third-order valence-electron chi connectivity index (χ3n) is 1.79. The van der Waals surface area contributed by atoms with E-state index in [9.17, 15) is 4.79 Å². The lowest BCUT2D eigenvalue weighted by Crippen LogP contribution is -2.34. The van der Waals surface area contributed by atoms with Crippen molar-refractivity contribution in [3.8, 4) is 0 Å². The average Bonchev–Trinajstić information content (AvgIpc) is 2.27. The van der Waals surface area contributed by atoms with Crippen LogP contribution in [0.2, 0.25) is 0 Å². The van der Waals surface area contributed by atoms with E-state index in [1.54, 1.807) is 12.3 Å². The summed E-state index contributed by atoms with van der Waals surface area (Å²) in [6, 6.07) is 0.955. The van der Waals surface area contributed by atoms with Crippen molar-refractivity contribution >= 4 is 43.6 Å². The molecule has 1 aromatic heterocycles. The molecule has 0 aliphatic heterocycles. The van der Waals surface area contributed by atoms with Crippen LogP contribution in [0.15, 0.2) is 21.2 Å². The van der Waals surface area contributed by atoms with Crippen molar-refractivity contribution in [1.29, 1.82) is 0 Å². The van der Waals surface area contributed by atoms with Crippen LogP contribution >= 0.6 is 31.9 Å². The van der Waals surface area contributed by atoms with Gasteiger partial charge < -0.3 is 15.2 Å². The summed E-state index contributed by atoms with van der Waals surface area (Å²) >= 11 is 6.55. The van der Waals surface area contributed by atoms with Crippen LogP contribution in [0, 0.1) is 0 Å². The number of methoxy groups -OCH3 is 1. The Bertz CT molecular complexity index is 387. The monoisotopic (exact) mass is 352 g/mol. The summed E-state index contributed by atoms with van der Waals surface area (Å²) in [5.41, 5.74) is 0. The number of pyridine rings is 1. The standard InChI is InChI=1S/C9H10Br2N2O3/c1-16-9(15)7(4-14)13-8-6(11)2-5(10)3-12-8/h2-3,7,14H,4H2,1H3,(H,12,13). The number of halogens is 2. The molecule has 0 amide bonds. The van der Waals surface area contributed by atoms with Crippen molar-refractivity contribution < 1.29 is 14.6 Å². The van der Waals surface area contributed by atoms with Gasteiger partial charge in [-0.2, -0.15) is 0 Å². The van der Waals surface area contributed by atoms with Gasteiger partial charge in [-0.3, -0.25) is 0 Å². The normalized spacial score (nSPS) is 12.0. The van der Waals surface area contributed by atoms with Crippen LogP contribution in [-0.4, -0.2) is 35.8 Å². The van der Waals surface area contributed by atoms with E-state index in [2.05, 4.69) is 46.9 Å². The Morgan fingerprint density at radius 2 is 2.38 bits per heavy atom. The molecule has 5 nitrogen and oxygen atoms in total. The number of aromatic nitrogens is 1. The summed E-state index contributed by atoms with van der Waals surface area (Å²) < 4.78 is 6.02. The van der Waals surface area contributed by atoms with Crippen LogP contribution in [-0.2, 0) is 9.53 Å². The van der Waals surface area contributed by atoms with Gasteiger partial charge in [-0.1, -0.05) is 0 Å². The van der Waals surface area contributed by atoms with E-state index in [4.69, 9.17) is 5.11 Å². The SMILES string of the molecule is COC(=O)C(CO)Nc1ncc(Br)cc1Br. The number of carbonyl (C=O) groups excluding carboxylic acids is 1. The summed E-state index contributed by atoms with van der Waals surface area (Å²) in [7, 11) is 1.26. The highest BCUT2D eigenvalue weighted by atomic mass is 79.9. The highest BCUT2D eigenvalue weighted by molar-refractivity contribution is 9.11. The van der Waals surface area contributed by atoms with E-state index < -0.39 is 12.0 Å². The summed E-state index contributed by atoms with van der Waals surface area (Å²) in [5.74, 6) is -0.0771. The number of anilines is 1. The fraction of sp³-hybridized carbons (Fsp3) is 0.333. The zero-order valence-corrected chi connectivity index (χ0v) is 11.6. The second kappa shape index (κ2) is 6.17. The third kappa shape index (κ3) is 3.43. The number of esters is 1. The van der Waals surface area contributed by atoms with Crippen LogP contribution in [0.5, 0.6) is 0 Å². The lowest BCUT2D eigenvalue weighted by Gasteiger charge is -2.15. The highest BCUT2D eigenvalue weighted by Gasteiger charge is 2.19. The molecule has 0 spiro atoms. The molecule has 0 aliphatic carbocycles. The Kier molecular flexibility index (Phi) is 5.17. The molecule has 0 radical (unpaired) electrons. The van der Waals surface area contributed by atoms with Crippen molar-refractivity contribution in [1.82, 2.24) is 4.98 Å².